The Labute approximate surface area is 116 Å². The molecule has 0 spiro atoms. The molecule has 3 rings (SSSR count). The van der Waals surface area contributed by atoms with Gasteiger partial charge in [0.2, 0.25) is 0 Å². The van der Waals surface area contributed by atoms with E-state index in [0.717, 1.165) is 11.8 Å². The van der Waals surface area contributed by atoms with Crippen LogP contribution in [0.15, 0.2) is 0 Å². The van der Waals surface area contributed by atoms with Gasteiger partial charge in [-0.2, -0.15) is 0 Å². The van der Waals surface area contributed by atoms with Crippen molar-refractivity contribution in [3.63, 3.8) is 0 Å². The zero-order chi connectivity index (χ0) is 13.3. The van der Waals surface area contributed by atoms with E-state index in [1.165, 1.54) is 22.9 Å². The van der Waals surface area contributed by atoms with E-state index in [0.29, 0.717) is 0 Å². The number of fused-ring (bicyclic) bond motifs is 2. The predicted octanol–water partition coefficient (Wildman–Crippen LogP) is 5.47. The van der Waals surface area contributed by atoms with E-state index in [9.17, 15) is 0 Å². The molecule has 0 heterocycles. The van der Waals surface area contributed by atoms with Crippen molar-refractivity contribution in [2.24, 2.45) is 23.7 Å². The lowest BCUT2D eigenvalue weighted by Gasteiger charge is -2.63. The summed E-state index contributed by atoms with van der Waals surface area (Å²) < 4.78 is 0. The molecule has 0 aliphatic heterocycles. The van der Waals surface area contributed by atoms with E-state index in [1.807, 2.05) is 0 Å². The number of rotatable bonds is 2. The zero-order valence-electron chi connectivity index (χ0n) is 13.3. The highest BCUT2D eigenvalue weighted by Gasteiger charge is 2.57. The van der Waals surface area contributed by atoms with Crippen molar-refractivity contribution in [2.75, 3.05) is 0 Å². The fourth-order valence-electron chi connectivity index (χ4n) is 5.56. The Hall–Kier alpha value is 0.434. The molecular formula is C16H32Si2. The van der Waals surface area contributed by atoms with Crippen LogP contribution in [0.5, 0.6) is 0 Å². The van der Waals surface area contributed by atoms with Gasteiger partial charge in [-0.05, 0) is 60.4 Å². The summed E-state index contributed by atoms with van der Waals surface area (Å²) in [5.74, 6) is 4.64. The minimum absolute atomic E-state index is 0.855. The van der Waals surface area contributed by atoms with Crippen LogP contribution in [0.25, 0.3) is 0 Å². The van der Waals surface area contributed by atoms with Crippen LogP contribution in [0.2, 0.25) is 50.4 Å². The van der Waals surface area contributed by atoms with Crippen molar-refractivity contribution < 1.29 is 0 Å². The van der Waals surface area contributed by atoms with Crippen LogP contribution < -0.4 is 0 Å². The molecule has 0 aromatic heterocycles. The van der Waals surface area contributed by atoms with Crippen molar-refractivity contribution in [1.82, 2.24) is 0 Å². The maximum Gasteiger partial charge on any atom is 0.0476 e. The van der Waals surface area contributed by atoms with Gasteiger partial charge in [0.05, 0.1) is 0 Å². The monoisotopic (exact) mass is 280 g/mol. The maximum absolute atomic E-state index is 2.60. The van der Waals surface area contributed by atoms with E-state index in [-0.39, 0.29) is 0 Å². The van der Waals surface area contributed by atoms with E-state index >= 15 is 0 Å². The second-order valence-corrected chi connectivity index (χ2v) is 20.7. The highest BCUT2D eigenvalue weighted by Crippen LogP contribution is 2.67. The molecule has 18 heavy (non-hydrogen) atoms. The van der Waals surface area contributed by atoms with E-state index in [2.05, 4.69) is 39.3 Å². The third-order valence-electron chi connectivity index (χ3n) is 6.73. The molecule has 0 N–H and O–H groups in total. The lowest BCUT2D eigenvalue weighted by atomic mass is 9.52. The van der Waals surface area contributed by atoms with Crippen LogP contribution in [0.3, 0.4) is 0 Å². The summed E-state index contributed by atoms with van der Waals surface area (Å²) in [6.07, 6.45) is 6.49. The molecular weight excluding hydrogens is 248 g/mol. The van der Waals surface area contributed by atoms with Crippen molar-refractivity contribution in [3.8, 4) is 0 Å². The molecule has 0 nitrogen and oxygen atoms in total. The fourth-order valence-corrected chi connectivity index (χ4v) is 11.0. The first-order chi connectivity index (χ1) is 8.18. The smallest absolute Gasteiger partial charge is 0.0476 e. The minimum atomic E-state index is -0.855. The molecule has 104 valence electrons. The Morgan fingerprint density at radius 1 is 0.556 bits per heavy atom. The Morgan fingerprint density at radius 3 is 1.17 bits per heavy atom. The standard InChI is InChI=1S/C16H32Si2/c1-17(2,3)15-9-11-8-14-12(7-13(11)15)10-16(14)18(4,5)6/h11-16H,7-10H2,1-6H3. The Morgan fingerprint density at radius 2 is 0.889 bits per heavy atom. The van der Waals surface area contributed by atoms with Crippen LogP contribution in [-0.4, -0.2) is 16.1 Å². The summed E-state index contributed by atoms with van der Waals surface area (Å²) in [5, 5.41) is 0. The van der Waals surface area contributed by atoms with Crippen LogP contribution >= 0.6 is 0 Å². The lowest BCUT2D eigenvalue weighted by Crippen LogP contribution is -2.56. The summed E-state index contributed by atoms with van der Waals surface area (Å²) in [7, 11) is -1.71. The van der Waals surface area contributed by atoms with E-state index in [4.69, 9.17) is 0 Å². The first-order valence-corrected chi connectivity index (χ1v) is 15.3. The van der Waals surface area contributed by atoms with Gasteiger partial charge in [-0.3, -0.25) is 0 Å². The first kappa shape index (κ1) is 13.4. The lowest BCUT2D eigenvalue weighted by molar-refractivity contribution is -0.0194. The van der Waals surface area contributed by atoms with Crippen molar-refractivity contribution in [3.05, 3.63) is 0 Å². The van der Waals surface area contributed by atoms with Crippen molar-refractivity contribution in [2.45, 2.75) is 76.0 Å². The highest BCUT2D eigenvalue weighted by molar-refractivity contribution is 6.78. The van der Waals surface area contributed by atoms with Gasteiger partial charge in [-0.15, -0.1) is 0 Å². The molecule has 6 atom stereocenters. The Kier molecular flexibility index (Phi) is 2.96. The SMILES string of the molecule is C[Si](C)(C)C1CC2CC3C(CC21)CC3[Si](C)(C)C. The summed E-state index contributed by atoms with van der Waals surface area (Å²) in [5.41, 5.74) is 2.35. The largest absolute Gasteiger partial charge is 0.0693 e. The summed E-state index contributed by atoms with van der Waals surface area (Å²) in [6.45, 7) is 15.6. The maximum atomic E-state index is 2.60. The average Bonchev–Trinajstić information content (AvgIpc) is 2.07. The predicted molar refractivity (Wildman–Crippen MR) is 86.6 cm³/mol. The van der Waals surface area contributed by atoms with Gasteiger partial charge in [0, 0.05) is 16.1 Å². The van der Waals surface area contributed by atoms with Gasteiger partial charge in [-0.1, -0.05) is 39.3 Å². The van der Waals surface area contributed by atoms with Crippen LogP contribution in [0.1, 0.15) is 25.7 Å². The van der Waals surface area contributed by atoms with Gasteiger partial charge in [0.1, 0.15) is 0 Å². The van der Waals surface area contributed by atoms with Crippen LogP contribution in [0, 0.1) is 23.7 Å². The zero-order valence-corrected chi connectivity index (χ0v) is 15.3. The molecule has 0 radical (unpaired) electrons. The van der Waals surface area contributed by atoms with Gasteiger partial charge in [0.25, 0.3) is 0 Å². The quantitative estimate of drug-likeness (QED) is 0.588. The molecule has 0 aromatic rings. The second kappa shape index (κ2) is 3.97. The average molecular weight is 281 g/mol. The molecule has 3 aliphatic carbocycles. The normalized spacial score (nSPS) is 47.7. The molecule has 0 bridgehead atoms. The van der Waals surface area contributed by atoms with Crippen LogP contribution in [-0.2, 0) is 0 Å². The number of hydrogen-bond acceptors (Lipinski definition) is 0. The fraction of sp³-hybridized carbons (Fsp3) is 1.00. The molecule has 3 aliphatic rings. The number of hydrogen-bond donors (Lipinski definition) is 0. The summed E-state index contributed by atoms with van der Waals surface area (Å²) >= 11 is 0. The summed E-state index contributed by atoms with van der Waals surface area (Å²) in [6, 6.07) is 0. The van der Waals surface area contributed by atoms with Gasteiger partial charge >= 0.3 is 0 Å². The molecule has 0 saturated heterocycles. The molecule has 0 aromatic carbocycles. The van der Waals surface area contributed by atoms with E-state index in [1.54, 1.807) is 25.7 Å². The van der Waals surface area contributed by atoms with Gasteiger partial charge < -0.3 is 0 Å². The Balaban J connectivity index is 1.64. The van der Waals surface area contributed by atoms with Gasteiger partial charge in [0.15, 0.2) is 0 Å². The van der Waals surface area contributed by atoms with Crippen LogP contribution in [0.4, 0.5) is 0 Å². The van der Waals surface area contributed by atoms with E-state index < -0.39 is 16.1 Å². The van der Waals surface area contributed by atoms with Crippen molar-refractivity contribution >= 4 is 16.1 Å². The molecule has 3 fully saturated rings. The Bertz CT molecular complexity index is 302. The molecule has 2 heteroatoms. The molecule has 0 amide bonds. The first-order valence-electron chi connectivity index (χ1n) is 8.18. The topological polar surface area (TPSA) is 0 Å². The second-order valence-electron chi connectivity index (χ2n) is 9.74. The third-order valence-corrected chi connectivity index (χ3v) is 12.5. The third kappa shape index (κ3) is 1.98. The summed E-state index contributed by atoms with van der Waals surface area (Å²) in [4.78, 5) is 0. The van der Waals surface area contributed by atoms with Crippen molar-refractivity contribution in [1.29, 1.82) is 0 Å². The molecule has 3 saturated carbocycles. The highest BCUT2D eigenvalue weighted by atomic mass is 28.3. The molecule has 6 unspecified atom stereocenters. The minimum Gasteiger partial charge on any atom is -0.0693 e. The van der Waals surface area contributed by atoms with Gasteiger partial charge in [-0.25, -0.2) is 0 Å².